The van der Waals surface area contributed by atoms with E-state index in [9.17, 15) is 22.8 Å². The normalized spacial score (nSPS) is 12.8. The van der Waals surface area contributed by atoms with Crippen molar-refractivity contribution >= 4 is 23.2 Å². The zero-order valence-corrected chi connectivity index (χ0v) is 14.3. The Morgan fingerprint density at radius 2 is 1.75 bits per heavy atom. The third-order valence-electron chi connectivity index (χ3n) is 4.49. The van der Waals surface area contributed by atoms with Crippen LogP contribution in [0.3, 0.4) is 0 Å². The van der Waals surface area contributed by atoms with Crippen molar-refractivity contribution < 1.29 is 27.2 Å². The van der Waals surface area contributed by atoms with Crippen molar-refractivity contribution in [2.75, 3.05) is 16.8 Å². The lowest BCUT2D eigenvalue weighted by atomic mass is 10.1. The number of benzene rings is 2. The summed E-state index contributed by atoms with van der Waals surface area (Å²) in [5.41, 5.74) is 2.04. The number of furan rings is 1. The van der Waals surface area contributed by atoms with Crippen LogP contribution in [-0.4, -0.2) is 18.4 Å². The predicted octanol–water partition coefficient (Wildman–Crippen LogP) is 4.15. The quantitative estimate of drug-likeness (QED) is 0.688. The molecule has 0 spiro atoms. The molecule has 2 aromatic carbocycles. The number of hydrogen-bond donors (Lipinski definition) is 1. The first-order valence-electron chi connectivity index (χ1n) is 8.37. The molecule has 3 aromatic rings. The number of rotatable bonds is 3. The van der Waals surface area contributed by atoms with Crippen LogP contribution in [0.4, 0.5) is 24.5 Å². The van der Waals surface area contributed by atoms with Crippen molar-refractivity contribution in [2.45, 2.75) is 6.42 Å². The molecule has 0 unspecified atom stereocenters. The second-order valence-electron chi connectivity index (χ2n) is 6.27. The SMILES string of the molecule is O=C(Nc1ccc2c(c1)CCN2C(=O)c1ccoc1)c1cc(F)c(F)c(F)c1. The summed E-state index contributed by atoms with van der Waals surface area (Å²) in [6.07, 6.45) is 3.38. The molecule has 142 valence electrons. The van der Waals surface area contributed by atoms with Gasteiger partial charge in [0.2, 0.25) is 0 Å². The average molecular weight is 386 g/mol. The van der Waals surface area contributed by atoms with E-state index in [0.29, 0.717) is 42.0 Å². The Balaban J connectivity index is 1.54. The lowest BCUT2D eigenvalue weighted by Crippen LogP contribution is -2.28. The molecule has 1 N–H and O–H groups in total. The van der Waals surface area contributed by atoms with Crippen LogP contribution in [0.15, 0.2) is 53.3 Å². The number of carbonyl (C=O) groups is 2. The summed E-state index contributed by atoms with van der Waals surface area (Å²) in [6, 6.07) is 7.79. The molecule has 1 aromatic heterocycles. The van der Waals surface area contributed by atoms with E-state index in [0.717, 1.165) is 5.56 Å². The van der Waals surface area contributed by atoms with E-state index >= 15 is 0 Å². The number of halogens is 3. The molecule has 0 bridgehead atoms. The molecule has 0 saturated heterocycles. The smallest absolute Gasteiger partial charge is 0.261 e. The van der Waals surface area contributed by atoms with Crippen LogP contribution in [0.2, 0.25) is 0 Å². The molecule has 5 nitrogen and oxygen atoms in total. The Kier molecular flexibility index (Phi) is 4.38. The molecule has 1 aliphatic rings. The number of carbonyl (C=O) groups excluding carboxylic acids is 2. The van der Waals surface area contributed by atoms with E-state index in [1.807, 2.05) is 0 Å². The lowest BCUT2D eigenvalue weighted by molar-refractivity contribution is 0.0987. The predicted molar refractivity (Wildman–Crippen MR) is 94.8 cm³/mol. The summed E-state index contributed by atoms with van der Waals surface area (Å²) in [4.78, 5) is 26.3. The van der Waals surface area contributed by atoms with Crippen molar-refractivity contribution in [2.24, 2.45) is 0 Å². The zero-order chi connectivity index (χ0) is 19.8. The van der Waals surface area contributed by atoms with E-state index in [1.165, 1.54) is 12.5 Å². The van der Waals surface area contributed by atoms with Gasteiger partial charge >= 0.3 is 0 Å². The maximum Gasteiger partial charge on any atom is 0.261 e. The highest BCUT2D eigenvalue weighted by Gasteiger charge is 2.26. The third kappa shape index (κ3) is 3.13. The molecule has 1 aliphatic heterocycles. The Hall–Kier alpha value is -3.55. The molecular weight excluding hydrogens is 373 g/mol. The van der Waals surface area contributed by atoms with Gasteiger partial charge in [0.05, 0.1) is 11.8 Å². The van der Waals surface area contributed by atoms with Gasteiger partial charge in [-0.1, -0.05) is 0 Å². The number of hydrogen-bond acceptors (Lipinski definition) is 3. The second kappa shape index (κ2) is 6.88. The molecule has 4 rings (SSSR count). The van der Waals surface area contributed by atoms with Crippen molar-refractivity contribution in [3.8, 4) is 0 Å². The van der Waals surface area contributed by atoms with Gasteiger partial charge in [-0.2, -0.15) is 0 Å². The molecule has 0 atom stereocenters. The number of nitrogens with zero attached hydrogens (tertiary/aromatic N) is 1. The Bertz CT molecular complexity index is 1060. The van der Waals surface area contributed by atoms with Crippen LogP contribution in [0.5, 0.6) is 0 Å². The summed E-state index contributed by atoms with van der Waals surface area (Å²) in [5, 5.41) is 2.52. The van der Waals surface area contributed by atoms with E-state index < -0.39 is 23.4 Å². The monoisotopic (exact) mass is 386 g/mol. The van der Waals surface area contributed by atoms with Crippen molar-refractivity contribution in [1.29, 1.82) is 0 Å². The van der Waals surface area contributed by atoms with E-state index in [2.05, 4.69) is 5.32 Å². The molecule has 0 aliphatic carbocycles. The highest BCUT2D eigenvalue weighted by molar-refractivity contribution is 6.08. The first-order chi connectivity index (χ1) is 13.4. The maximum absolute atomic E-state index is 13.3. The summed E-state index contributed by atoms with van der Waals surface area (Å²) >= 11 is 0. The Morgan fingerprint density at radius 3 is 2.43 bits per heavy atom. The fourth-order valence-corrected chi connectivity index (χ4v) is 3.12. The summed E-state index contributed by atoms with van der Waals surface area (Å²) < 4.78 is 44.6. The fraction of sp³-hybridized carbons (Fsp3) is 0.100. The van der Waals surface area contributed by atoms with Crippen LogP contribution in [0, 0.1) is 17.5 Å². The van der Waals surface area contributed by atoms with Crippen LogP contribution >= 0.6 is 0 Å². The molecule has 28 heavy (non-hydrogen) atoms. The van der Waals surface area contributed by atoms with Gasteiger partial charge < -0.3 is 14.6 Å². The average Bonchev–Trinajstić information content (AvgIpc) is 3.34. The van der Waals surface area contributed by atoms with E-state index in [4.69, 9.17) is 4.42 Å². The molecular formula is C20H13F3N2O3. The minimum Gasteiger partial charge on any atom is -0.472 e. The standard InChI is InChI=1S/C20H13F3N2O3/c21-15-8-13(9-16(22)18(15)23)19(26)24-14-1-2-17-11(7-14)3-5-25(17)20(27)12-4-6-28-10-12/h1-2,4,6-10H,3,5H2,(H,24,26). The Morgan fingerprint density at radius 1 is 1.00 bits per heavy atom. The summed E-state index contributed by atoms with van der Waals surface area (Å²) in [5.74, 6) is -5.47. The molecule has 8 heteroatoms. The largest absolute Gasteiger partial charge is 0.472 e. The van der Waals surface area contributed by atoms with Crippen molar-refractivity contribution in [1.82, 2.24) is 0 Å². The van der Waals surface area contributed by atoms with Gasteiger partial charge in [0.25, 0.3) is 11.8 Å². The zero-order valence-electron chi connectivity index (χ0n) is 14.3. The van der Waals surface area contributed by atoms with E-state index in [-0.39, 0.29) is 11.5 Å². The van der Waals surface area contributed by atoms with Crippen LogP contribution in [0.1, 0.15) is 26.3 Å². The minimum absolute atomic E-state index is 0.193. The van der Waals surface area contributed by atoms with Gasteiger partial charge in [-0.3, -0.25) is 9.59 Å². The van der Waals surface area contributed by atoms with Gasteiger partial charge in [-0.25, -0.2) is 13.2 Å². The van der Waals surface area contributed by atoms with E-state index in [1.54, 1.807) is 29.2 Å². The van der Waals surface area contributed by atoms with Crippen LogP contribution < -0.4 is 10.2 Å². The third-order valence-corrected chi connectivity index (χ3v) is 4.49. The maximum atomic E-state index is 13.3. The highest BCUT2D eigenvalue weighted by Crippen LogP contribution is 2.32. The molecule has 0 fully saturated rings. The first-order valence-corrected chi connectivity index (χ1v) is 8.37. The highest BCUT2D eigenvalue weighted by atomic mass is 19.2. The van der Waals surface area contributed by atoms with Gasteiger partial charge in [0.1, 0.15) is 6.26 Å². The fourth-order valence-electron chi connectivity index (χ4n) is 3.12. The summed E-state index contributed by atoms with van der Waals surface area (Å²) in [6.45, 7) is 0.477. The molecule has 0 saturated carbocycles. The molecule has 0 radical (unpaired) electrons. The Labute approximate surface area is 157 Å². The summed E-state index contributed by atoms with van der Waals surface area (Å²) in [7, 11) is 0. The van der Waals surface area contributed by atoms with Gasteiger partial charge in [-0.15, -0.1) is 0 Å². The lowest BCUT2D eigenvalue weighted by Gasteiger charge is -2.16. The van der Waals surface area contributed by atoms with Crippen LogP contribution in [-0.2, 0) is 6.42 Å². The van der Waals surface area contributed by atoms with Gasteiger partial charge in [0, 0.05) is 23.5 Å². The second-order valence-corrected chi connectivity index (χ2v) is 6.27. The van der Waals surface area contributed by atoms with Crippen molar-refractivity contribution in [3.05, 3.63) is 83.1 Å². The number of nitrogens with one attached hydrogen (secondary N) is 1. The minimum atomic E-state index is -1.63. The topological polar surface area (TPSA) is 62.6 Å². The first kappa shape index (κ1) is 17.8. The van der Waals surface area contributed by atoms with Crippen LogP contribution in [0.25, 0.3) is 0 Å². The van der Waals surface area contributed by atoms with Gasteiger partial charge in [0.15, 0.2) is 17.5 Å². The van der Waals surface area contributed by atoms with Gasteiger partial charge in [-0.05, 0) is 48.4 Å². The number of amides is 2. The van der Waals surface area contributed by atoms with Crippen molar-refractivity contribution in [3.63, 3.8) is 0 Å². The number of anilines is 2. The molecule has 2 amide bonds. The molecule has 2 heterocycles. The number of fused-ring (bicyclic) bond motifs is 1.